The van der Waals surface area contributed by atoms with Crippen LogP contribution < -0.4 is 5.56 Å². The zero-order valence-corrected chi connectivity index (χ0v) is 55.7. The average molecular weight is 978 g/mol. The van der Waals surface area contributed by atoms with E-state index in [4.69, 9.17) is 9.72 Å². The van der Waals surface area contributed by atoms with E-state index >= 15 is 0 Å². The number of hydrogen-bond donors (Lipinski definition) is 0. The van der Waals surface area contributed by atoms with E-state index in [1.165, 1.54) is 33.2 Å². The predicted octanol–water partition coefficient (Wildman–Crippen LogP) is 22.2. The van der Waals surface area contributed by atoms with E-state index in [0.29, 0.717) is 12.8 Å². The van der Waals surface area contributed by atoms with Gasteiger partial charge in [0.25, 0.3) is 5.56 Å². The van der Waals surface area contributed by atoms with Crippen molar-refractivity contribution in [1.29, 1.82) is 0 Å². The Morgan fingerprint density at radius 2 is 0.841 bits per heavy atom. The summed E-state index contributed by atoms with van der Waals surface area (Å²) in [5, 5.41) is 1.19. The van der Waals surface area contributed by atoms with Crippen LogP contribution in [-0.4, -0.2) is 22.4 Å². The summed E-state index contributed by atoms with van der Waals surface area (Å²) in [6.07, 6.45) is 1.49. The minimum atomic E-state index is -1.22. The summed E-state index contributed by atoms with van der Waals surface area (Å²) in [5.41, 5.74) is 9.96. The summed E-state index contributed by atoms with van der Waals surface area (Å²) in [5.74, 6) is 0.0619. The van der Waals surface area contributed by atoms with E-state index in [1.807, 2.05) is 198 Å². The van der Waals surface area contributed by atoms with Crippen LogP contribution in [-0.2, 0) is 27.1 Å². The SMILES string of the molecule is CC.CC.CC.CC.CC.CC.CC.CC.CC.CC.CC.CC.CC.CC.CO[C@]1(C(C)(C)CC(C)(C)C)C(=O)CCc2c1c(C)c1n(c2=O)C(C)(C)c2c-1nc1c(C)c(C)c(C)c(C)c1c2C. The highest BCUT2D eigenvalue weighted by atomic mass is 16.5. The summed E-state index contributed by atoms with van der Waals surface area (Å²) in [7, 11) is 1.65. The summed E-state index contributed by atoms with van der Waals surface area (Å²) in [4.78, 5) is 34.2. The fourth-order valence-electron chi connectivity index (χ4n) is 8.99. The van der Waals surface area contributed by atoms with Crippen LogP contribution in [0.4, 0.5) is 0 Å². The Kier molecular flexibility index (Phi) is 63.0. The highest BCUT2D eigenvalue weighted by Crippen LogP contribution is 2.56. The van der Waals surface area contributed by atoms with Gasteiger partial charge >= 0.3 is 0 Å². The van der Waals surface area contributed by atoms with Crippen molar-refractivity contribution in [3.8, 4) is 11.4 Å². The van der Waals surface area contributed by atoms with Gasteiger partial charge in [0.1, 0.15) is 0 Å². The third-order valence-corrected chi connectivity index (χ3v) is 10.6. The number of benzene rings is 1. The molecule has 3 heterocycles. The van der Waals surface area contributed by atoms with Crippen LogP contribution in [0.2, 0.25) is 0 Å². The Morgan fingerprint density at radius 3 is 1.17 bits per heavy atom. The lowest BCUT2D eigenvalue weighted by molar-refractivity contribution is -0.166. The molecule has 1 aliphatic carbocycles. The van der Waals surface area contributed by atoms with Gasteiger partial charge in [-0.25, -0.2) is 4.98 Å². The second kappa shape index (κ2) is 48.8. The average Bonchev–Trinajstić information content (AvgIpc) is 3.65. The predicted molar refractivity (Wildman–Crippen MR) is 327 cm³/mol. The summed E-state index contributed by atoms with van der Waals surface area (Å²) >= 11 is 0. The number of rotatable bonds is 3. The summed E-state index contributed by atoms with van der Waals surface area (Å²) in [6, 6.07) is 0. The number of aryl methyl sites for hydroxylation is 3. The number of pyridine rings is 2. The summed E-state index contributed by atoms with van der Waals surface area (Å²) < 4.78 is 8.38. The molecule has 5 rings (SSSR count). The monoisotopic (exact) mass is 977 g/mol. The second-order valence-corrected chi connectivity index (χ2v) is 15.1. The van der Waals surface area contributed by atoms with Gasteiger partial charge in [-0.3, -0.25) is 14.2 Å². The lowest BCUT2D eigenvalue weighted by atomic mass is 9.58. The first-order valence-electron chi connectivity index (χ1n) is 29.1. The van der Waals surface area contributed by atoms with Crippen molar-refractivity contribution in [1.82, 2.24) is 9.55 Å². The largest absolute Gasteiger partial charge is 0.365 e. The molecule has 416 valence electrons. The molecular formula is C64H132N2O3. The number of carbonyl (C=O) groups excluding carboxylic acids is 1. The van der Waals surface area contributed by atoms with Crippen LogP contribution in [0.25, 0.3) is 22.3 Å². The Labute approximate surface area is 438 Å². The zero-order chi connectivity index (χ0) is 58.8. The van der Waals surface area contributed by atoms with Gasteiger partial charge in [-0.15, -0.1) is 0 Å². The van der Waals surface area contributed by atoms with Crippen molar-refractivity contribution in [2.45, 2.75) is 314 Å². The molecule has 1 aromatic carbocycles. The maximum absolute atomic E-state index is 14.7. The molecule has 5 nitrogen and oxygen atoms in total. The molecule has 0 saturated heterocycles. The van der Waals surface area contributed by atoms with Crippen molar-refractivity contribution in [2.75, 3.05) is 7.11 Å². The molecule has 2 aliphatic rings. The van der Waals surface area contributed by atoms with Gasteiger partial charge in [-0.05, 0) is 107 Å². The van der Waals surface area contributed by atoms with Crippen LogP contribution in [0.1, 0.15) is 305 Å². The third kappa shape index (κ3) is 20.7. The molecule has 0 unspecified atom stereocenters. The molecule has 1 aliphatic heterocycles. The van der Waals surface area contributed by atoms with Crippen LogP contribution in [0.15, 0.2) is 4.79 Å². The van der Waals surface area contributed by atoms with Gasteiger partial charge in [0.05, 0.1) is 22.4 Å². The quantitative estimate of drug-likeness (QED) is 0.262. The molecule has 0 amide bonds. The molecule has 0 N–H and O–H groups in total. The minimum Gasteiger partial charge on any atom is -0.365 e. The molecule has 0 radical (unpaired) electrons. The second-order valence-electron chi connectivity index (χ2n) is 15.1. The maximum Gasteiger partial charge on any atom is 0.255 e. The number of Topliss-reactive ketones (excluding diaryl/α,β-unsaturated/α-hetero) is 1. The molecule has 0 bridgehead atoms. The van der Waals surface area contributed by atoms with Crippen molar-refractivity contribution in [2.24, 2.45) is 10.8 Å². The smallest absolute Gasteiger partial charge is 0.255 e. The third-order valence-electron chi connectivity index (χ3n) is 10.6. The number of aromatic nitrogens is 2. The van der Waals surface area contributed by atoms with Crippen molar-refractivity contribution < 1.29 is 9.53 Å². The number of ether oxygens (including phenoxy) is 1. The van der Waals surface area contributed by atoms with E-state index in [-0.39, 0.29) is 16.8 Å². The first kappa shape index (κ1) is 89.1. The van der Waals surface area contributed by atoms with E-state index in [9.17, 15) is 9.59 Å². The molecule has 2 aromatic heterocycles. The Bertz CT molecular complexity index is 1730. The van der Waals surface area contributed by atoms with Gasteiger partial charge in [-0.2, -0.15) is 0 Å². The van der Waals surface area contributed by atoms with Gasteiger partial charge in [-0.1, -0.05) is 228 Å². The normalized spacial score (nSPS) is 13.0. The number of hydrogen-bond acceptors (Lipinski definition) is 4. The molecule has 0 saturated carbocycles. The highest BCUT2D eigenvalue weighted by molar-refractivity contribution is 5.96. The van der Waals surface area contributed by atoms with Gasteiger partial charge in [0.15, 0.2) is 11.4 Å². The Balaban J connectivity index is -0.000000134. The van der Waals surface area contributed by atoms with Crippen LogP contribution in [0.3, 0.4) is 0 Å². The zero-order valence-electron chi connectivity index (χ0n) is 55.7. The van der Waals surface area contributed by atoms with E-state index in [2.05, 4.69) is 90.0 Å². The van der Waals surface area contributed by atoms with E-state index < -0.39 is 16.6 Å². The lowest BCUT2D eigenvalue weighted by Gasteiger charge is -2.50. The summed E-state index contributed by atoms with van der Waals surface area (Å²) in [6.45, 7) is 84.1. The van der Waals surface area contributed by atoms with Gasteiger partial charge < -0.3 is 4.74 Å². The first-order chi connectivity index (χ1) is 32.8. The van der Waals surface area contributed by atoms with Crippen molar-refractivity contribution in [3.63, 3.8) is 0 Å². The minimum absolute atomic E-state index is 0.0201. The fraction of sp³-hybridized carbons (Fsp3) is 0.766. The Hall–Kier alpha value is -2.79. The number of nitrogens with zero attached hydrogens (tertiary/aromatic N) is 2. The molecule has 69 heavy (non-hydrogen) atoms. The topological polar surface area (TPSA) is 61.2 Å². The molecule has 0 fully saturated rings. The fourth-order valence-corrected chi connectivity index (χ4v) is 8.99. The van der Waals surface area contributed by atoms with Crippen LogP contribution >= 0.6 is 0 Å². The number of methoxy groups -OCH3 is 1. The van der Waals surface area contributed by atoms with Gasteiger partial charge in [0, 0.05) is 41.0 Å². The van der Waals surface area contributed by atoms with Crippen LogP contribution in [0.5, 0.6) is 0 Å². The van der Waals surface area contributed by atoms with E-state index in [1.54, 1.807) is 7.11 Å². The van der Waals surface area contributed by atoms with Gasteiger partial charge in [0.2, 0.25) is 0 Å². The molecule has 5 heteroatoms. The van der Waals surface area contributed by atoms with Crippen molar-refractivity contribution in [3.05, 3.63) is 60.4 Å². The number of carbonyl (C=O) groups is 1. The standard InChI is InChI=1S/C36H48N2O3.14C2H6/c1-18-19(2)21(4)29-26(20(18)3)22(5)28-30(37-29)31-23(6)27-24(32(40)38(31)35(28,12)13)15-16-25(39)36(27,41-14)34(10,11)17-33(7,8)9;14*1-2/h15-17H2,1-14H3;14*1-2H3/t36-;;;;;;;;;;;;;;/m1............../s1. The first-order valence-corrected chi connectivity index (χ1v) is 29.1. The number of fused-ring (bicyclic) bond motifs is 5. The van der Waals surface area contributed by atoms with Crippen molar-refractivity contribution >= 4 is 16.7 Å². The number of ketones is 1. The Morgan fingerprint density at radius 1 is 0.493 bits per heavy atom. The lowest BCUT2D eigenvalue weighted by Crippen LogP contribution is -2.56. The van der Waals surface area contributed by atoms with E-state index in [0.717, 1.165) is 45.6 Å². The molecule has 3 aromatic rings. The highest BCUT2D eigenvalue weighted by Gasteiger charge is 2.58. The molecule has 1 atom stereocenters. The van der Waals surface area contributed by atoms with Crippen LogP contribution in [0, 0.1) is 52.4 Å². The molecule has 0 spiro atoms. The maximum atomic E-state index is 14.7. The molecular weight excluding hydrogens is 845 g/mol.